The molecule has 0 aliphatic rings. The lowest BCUT2D eigenvalue weighted by atomic mass is 10.3. The maximum atomic E-state index is 11.4. The van der Waals surface area contributed by atoms with Crippen molar-refractivity contribution < 1.29 is 14.6 Å². The van der Waals surface area contributed by atoms with Crippen molar-refractivity contribution in [2.45, 2.75) is 13.8 Å². The number of rotatable bonds is 5. The molecule has 1 N–H and O–H groups in total. The van der Waals surface area contributed by atoms with Crippen LogP contribution in [0.1, 0.15) is 23.0 Å². The maximum Gasteiger partial charge on any atom is 0.358 e. The molecular weight excluding hydrogens is 308 g/mol. The summed E-state index contributed by atoms with van der Waals surface area (Å²) in [5.74, 6) is -0.208. The molecule has 24 heavy (non-hydrogen) atoms. The average Bonchev–Trinajstić information content (AvgIpc) is 2.92. The molecule has 0 aliphatic carbocycles. The van der Waals surface area contributed by atoms with Crippen molar-refractivity contribution in [2.75, 3.05) is 6.61 Å². The summed E-state index contributed by atoms with van der Waals surface area (Å²) in [5.41, 5.74) is 1.95. The Hall–Kier alpha value is -3.22. The van der Waals surface area contributed by atoms with Gasteiger partial charge >= 0.3 is 5.97 Å². The van der Waals surface area contributed by atoms with Gasteiger partial charge in [-0.2, -0.15) is 0 Å². The number of nitrogens with zero attached hydrogens (tertiary/aromatic N) is 4. The van der Waals surface area contributed by atoms with E-state index in [-0.39, 0.29) is 11.5 Å². The van der Waals surface area contributed by atoms with E-state index >= 15 is 0 Å². The van der Waals surface area contributed by atoms with E-state index in [9.17, 15) is 9.90 Å². The number of aromatic nitrogens is 2. The lowest BCUT2D eigenvalue weighted by molar-refractivity contribution is 0.0692. The highest BCUT2D eigenvalue weighted by Crippen LogP contribution is 2.25. The maximum absolute atomic E-state index is 11.4. The van der Waals surface area contributed by atoms with Gasteiger partial charge < -0.3 is 9.84 Å². The van der Waals surface area contributed by atoms with E-state index in [0.29, 0.717) is 17.9 Å². The van der Waals surface area contributed by atoms with Crippen LogP contribution in [-0.4, -0.2) is 27.1 Å². The number of hydrogen-bond acceptors (Lipinski definition) is 5. The first kappa shape index (κ1) is 15.7. The third kappa shape index (κ3) is 3.10. The molecule has 0 saturated heterocycles. The molecule has 3 aromatic rings. The fraction of sp³-hybridized carbons (Fsp3) is 0.176. The largest absolute Gasteiger partial charge is 0.494 e. The van der Waals surface area contributed by atoms with Crippen molar-refractivity contribution in [3.05, 3.63) is 53.9 Å². The Morgan fingerprint density at radius 2 is 1.96 bits per heavy atom. The smallest absolute Gasteiger partial charge is 0.358 e. The lowest BCUT2D eigenvalue weighted by Gasteiger charge is -2.02. The summed E-state index contributed by atoms with van der Waals surface area (Å²) < 4.78 is 6.99. The third-order valence-corrected chi connectivity index (χ3v) is 3.35. The van der Waals surface area contributed by atoms with Gasteiger partial charge in [0.05, 0.1) is 12.3 Å². The quantitative estimate of drug-likeness (QED) is 0.714. The number of hydrogen-bond donors (Lipinski definition) is 1. The Balaban J connectivity index is 2.00. The van der Waals surface area contributed by atoms with Crippen LogP contribution in [0.5, 0.6) is 5.75 Å². The van der Waals surface area contributed by atoms with Crippen LogP contribution in [0.4, 0.5) is 11.5 Å². The molecule has 0 bridgehead atoms. The molecule has 0 amide bonds. The van der Waals surface area contributed by atoms with Crippen LogP contribution in [0, 0.1) is 6.92 Å². The molecule has 0 fully saturated rings. The number of carboxylic acids is 1. The number of carboxylic acid groups (broad SMARTS) is 1. The van der Waals surface area contributed by atoms with E-state index in [0.717, 1.165) is 11.3 Å². The standard InChI is InChI=1S/C17H16N4O3/c1-3-24-13-7-5-12(6-8-13)19-20-16-15(17(22)23)18-14-9-4-11(2)10-21(14)16/h4-10H,3H2,1-2H3,(H,22,23). The van der Waals surface area contributed by atoms with Crippen LogP contribution in [0.3, 0.4) is 0 Å². The fourth-order valence-electron chi connectivity index (χ4n) is 2.26. The Morgan fingerprint density at radius 1 is 1.21 bits per heavy atom. The predicted octanol–water partition coefficient (Wildman–Crippen LogP) is 4.16. The summed E-state index contributed by atoms with van der Waals surface area (Å²) in [6.45, 7) is 4.41. The van der Waals surface area contributed by atoms with Crippen LogP contribution in [0.2, 0.25) is 0 Å². The number of aromatic carboxylic acids is 1. The Morgan fingerprint density at radius 3 is 2.62 bits per heavy atom. The summed E-state index contributed by atoms with van der Waals surface area (Å²) in [6.07, 6.45) is 1.78. The molecule has 0 aliphatic heterocycles. The van der Waals surface area contributed by atoms with E-state index in [4.69, 9.17) is 4.74 Å². The van der Waals surface area contributed by atoms with Crippen molar-refractivity contribution >= 4 is 23.1 Å². The monoisotopic (exact) mass is 324 g/mol. The number of carbonyl (C=O) groups is 1. The zero-order valence-corrected chi connectivity index (χ0v) is 13.3. The molecular formula is C17H16N4O3. The highest BCUT2D eigenvalue weighted by molar-refractivity contribution is 5.91. The third-order valence-electron chi connectivity index (χ3n) is 3.35. The topological polar surface area (TPSA) is 88.5 Å². The zero-order chi connectivity index (χ0) is 17.1. The second-order valence-corrected chi connectivity index (χ2v) is 5.15. The summed E-state index contributed by atoms with van der Waals surface area (Å²) in [7, 11) is 0. The minimum atomic E-state index is -1.14. The number of benzene rings is 1. The zero-order valence-electron chi connectivity index (χ0n) is 13.3. The van der Waals surface area contributed by atoms with Crippen LogP contribution in [-0.2, 0) is 0 Å². The molecule has 0 atom stereocenters. The second-order valence-electron chi connectivity index (χ2n) is 5.15. The first-order valence-electron chi connectivity index (χ1n) is 7.45. The lowest BCUT2D eigenvalue weighted by Crippen LogP contribution is -1.96. The highest BCUT2D eigenvalue weighted by Gasteiger charge is 2.18. The van der Waals surface area contributed by atoms with Crippen LogP contribution >= 0.6 is 0 Å². The van der Waals surface area contributed by atoms with E-state index in [2.05, 4.69) is 15.2 Å². The molecule has 7 nitrogen and oxygen atoms in total. The van der Waals surface area contributed by atoms with Gasteiger partial charge in [-0.05, 0) is 49.7 Å². The molecule has 0 saturated carbocycles. The Labute approximate surface area is 138 Å². The van der Waals surface area contributed by atoms with Gasteiger partial charge in [0.1, 0.15) is 11.4 Å². The Bertz CT molecular complexity index is 913. The highest BCUT2D eigenvalue weighted by atomic mass is 16.5. The second kappa shape index (κ2) is 6.49. The first-order valence-corrected chi connectivity index (χ1v) is 7.45. The van der Waals surface area contributed by atoms with E-state index < -0.39 is 5.97 Å². The van der Waals surface area contributed by atoms with Gasteiger partial charge in [-0.1, -0.05) is 6.07 Å². The van der Waals surface area contributed by atoms with Gasteiger partial charge in [0.15, 0.2) is 11.5 Å². The van der Waals surface area contributed by atoms with E-state index in [1.165, 1.54) is 0 Å². The number of aryl methyl sites for hydroxylation is 1. The first-order chi connectivity index (χ1) is 11.6. The minimum Gasteiger partial charge on any atom is -0.494 e. The van der Waals surface area contributed by atoms with Gasteiger partial charge in [0.2, 0.25) is 0 Å². The SMILES string of the molecule is CCOc1ccc(N=Nc2c(C(=O)O)nc3ccc(C)cn23)cc1. The van der Waals surface area contributed by atoms with Gasteiger partial charge in [0, 0.05) is 6.20 Å². The summed E-state index contributed by atoms with van der Waals surface area (Å²) in [5, 5.41) is 17.6. The number of azo groups is 1. The Kier molecular flexibility index (Phi) is 4.24. The number of fused-ring (bicyclic) bond motifs is 1. The van der Waals surface area contributed by atoms with Crippen molar-refractivity contribution in [1.82, 2.24) is 9.38 Å². The van der Waals surface area contributed by atoms with Crippen LogP contribution in [0.15, 0.2) is 52.8 Å². The number of imidazole rings is 1. The predicted molar refractivity (Wildman–Crippen MR) is 88.7 cm³/mol. The number of ether oxygens (including phenoxy) is 1. The summed E-state index contributed by atoms with van der Waals surface area (Å²) >= 11 is 0. The fourth-order valence-corrected chi connectivity index (χ4v) is 2.26. The molecule has 2 aromatic heterocycles. The van der Waals surface area contributed by atoms with Gasteiger partial charge in [-0.3, -0.25) is 4.40 Å². The molecule has 3 rings (SSSR count). The minimum absolute atomic E-state index is 0.129. The van der Waals surface area contributed by atoms with Gasteiger partial charge in [-0.25, -0.2) is 9.78 Å². The van der Waals surface area contributed by atoms with Crippen molar-refractivity contribution in [1.29, 1.82) is 0 Å². The number of pyridine rings is 1. The van der Waals surface area contributed by atoms with Crippen molar-refractivity contribution in [3.8, 4) is 5.75 Å². The summed E-state index contributed by atoms with van der Waals surface area (Å²) in [4.78, 5) is 15.5. The molecule has 0 unspecified atom stereocenters. The van der Waals surface area contributed by atoms with Gasteiger partial charge in [-0.15, -0.1) is 10.2 Å². The van der Waals surface area contributed by atoms with Crippen LogP contribution < -0.4 is 4.74 Å². The van der Waals surface area contributed by atoms with Crippen molar-refractivity contribution in [3.63, 3.8) is 0 Å². The van der Waals surface area contributed by atoms with E-state index in [1.807, 2.05) is 19.9 Å². The van der Waals surface area contributed by atoms with Crippen LogP contribution in [0.25, 0.3) is 5.65 Å². The molecule has 2 heterocycles. The molecule has 1 aromatic carbocycles. The van der Waals surface area contributed by atoms with Crippen molar-refractivity contribution in [2.24, 2.45) is 10.2 Å². The normalized spacial score (nSPS) is 11.2. The van der Waals surface area contributed by atoms with E-state index in [1.54, 1.807) is 40.9 Å². The van der Waals surface area contributed by atoms with Gasteiger partial charge in [0.25, 0.3) is 0 Å². The molecule has 0 spiro atoms. The molecule has 7 heteroatoms. The average molecular weight is 324 g/mol. The molecule has 0 radical (unpaired) electrons. The summed E-state index contributed by atoms with van der Waals surface area (Å²) in [6, 6.07) is 10.7. The molecule has 122 valence electrons.